The largest absolute Gasteiger partial charge is 0.360 e. The van der Waals surface area contributed by atoms with Crippen LogP contribution < -0.4 is 10.8 Å². The van der Waals surface area contributed by atoms with Crippen LogP contribution in [0.1, 0.15) is 0 Å². The van der Waals surface area contributed by atoms with Gasteiger partial charge in [-0.05, 0) is 0 Å². The fraction of sp³-hybridized carbons (Fsp3) is 0.333. The van der Waals surface area contributed by atoms with Crippen molar-refractivity contribution in [3.8, 4) is 0 Å². The third kappa shape index (κ3) is 1.29. The van der Waals surface area contributed by atoms with Gasteiger partial charge in [0.05, 0.1) is 6.67 Å². The Labute approximate surface area is 84.0 Å². The van der Waals surface area contributed by atoms with Crippen LogP contribution in [0.5, 0.6) is 0 Å². The van der Waals surface area contributed by atoms with Gasteiger partial charge in [0.15, 0.2) is 5.82 Å². The summed E-state index contributed by atoms with van der Waals surface area (Å²) in [5, 5.41) is 19.3. The van der Waals surface area contributed by atoms with E-state index in [2.05, 4.69) is 15.7 Å². The number of nitrogens with one attached hydrogen (secondary N) is 2. The second-order valence-corrected chi connectivity index (χ2v) is 2.90. The molecule has 0 aromatic heterocycles. The predicted molar refractivity (Wildman–Crippen MR) is 44.8 cm³/mol. The number of hydrogen-bond acceptors (Lipinski definition) is 6. The Morgan fingerprint density at radius 3 is 3.07 bits per heavy atom. The summed E-state index contributed by atoms with van der Waals surface area (Å²) in [4.78, 5) is 23.8. The van der Waals surface area contributed by atoms with Gasteiger partial charge in [-0.25, -0.2) is 10.3 Å². The second-order valence-electron chi connectivity index (χ2n) is 2.90. The van der Waals surface area contributed by atoms with Crippen molar-refractivity contribution in [3.63, 3.8) is 0 Å². The molecule has 2 aliphatic heterocycles. The van der Waals surface area contributed by atoms with E-state index in [9.17, 15) is 9.59 Å². The van der Waals surface area contributed by atoms with Crippen molar-refractivity contribution in [2.75, 3.05) is 13.7 Å². The minimum absolute atomic E-state index is 0.0164. The Hall–Kier alpha value is -2.16. The Bertz CT molecular complexity index is 388. The molecule has 0 spiro atoms. The molecule has 3 amide bonds. The van der Waals surface area contributed by atoms with E-state index in [0.717, 1.165) is 5.01 Å². The number of amides is 3. The summed E-state index contributed by atoms with van der Waals surface area (Å²) in [7, 11) is 1.45. The Kier molecular flexibility index (Phi) is 2.01. The molecule has 0 saturated carbocycles. The first-order chi connectivity index (χ1) is 7.15. The first-order valence-electron chi connectivity index (χ1n) is 4.04. The lowest BCUT2D eigenvalue weighted by atomic mass is 10.4. The van der Waals surface area contributed by atoms with E-state index in [1.165, 1.54) is 17.4 Å². The van der Waals surface area contributed by atoms with Crippen LogP contribution in [0.15, 0.2) is 21.9 Å². The number of urea groups is 1. The first kappa shape index (κ1) is 9.40. The molecule has 9 nitrogen and oxygen atoms in total. The number of carbonyl (C=O) groups is 2. The van der Waals surface area contributed by atoms with Gasteiger partial charge >= 0.3 is 6.03 Å². The minimum Gasteiger partial charge on any atom is -0.360 e. The number of hydroxylamine groups is 1. The molecule has 2 heterocycles. The third-order valence-corrected chi connectivity index (χ3v) is 2.00. The highest BCUT2D eigenvalue weighted by molar-refractivity contribution is 5.94. The molecule has 0 bridgehead atoms. The van der Waals surface area contributed by atoms with Crippen molar-refractivity contribution in [1.82, 2.24) is 20.7 Å². The van der Waals surface area contributed by atoms with Crippen molar-refractivity contribution >= 4 is 11.9 Å². The van der Waals surface area contributed by atoms with Gasteiger partial charge in [0.1, 0.15) is 5.70 Å². The molecule has 0 unspecified atom stereocenters. The molecule has 15 heavy (non-hydrogen) atoms. The number of hydrogen-bond donors (Lipinski definition) is 3. The minimum atomic E-state index is -0.760. The molecule has 0 aliphatic carbocycles. The van der Waals surface area contributed by atoms with Crippen LogP contribution in [0.4, 0.5) is 4.79 Å². The molecule has 80 valence electrons. The van der Waals surface area contributed by atoms with Gasteiger partial charge in [-0.15, -0.1) is 5.11 Å². The van der Waals surface area contributed by atoms with Crippen LogP contribution in [-0.2, 0) is 4.79 Å². The van der Waals surface area contributed by atoms with E-state index in [4.69, 9.17) is 5.21 Å². The average molecular weight is 212 g/mol. The molecular formula is C6H8N6O3. The van der Waals surface area contributed by atoms with E-state index in [0.29, 0.717) is 0 Å². The van der Waals surface area contributed by atoms with E-state index >= 15 is 0 Å². The summed E-state index contributed by atoms with van der Waals surface area (Å²) >= 11 is 0. The van der Waals surface area contributed by atoms with E-state index in [1.54, 1.807) is 0 Å². The zero-order chi connectivity index (χ0) is 11.0. The smallest absolute Gasteiger partial charge is 0.348 e. The highest BCUT2D eigenvalue weighted by Crippen LogP contribution is 2.22. The Balaban J connectivity index is 2.39. The van der Waals surface area contributed by atoms with Crippen LogP contribution in [0.3, 0.4) is 0 Å². The summed E-state index contributed by atoms with van der Waals surface area (Å²) in [6.07, 6.45) is 0. The van der Waals surface area contributed by atoms with Gasteiger partial charge < -0.3 is 5.32 Å². The lowest BCUT2D eigenvalue weighted by molar-refractivity contribution is -0.125. The normalized spacial score (nSPS) is 19.2. The summed E-state index contributed by atoms with van der Waals surface area (Å²) in [6.45, 7) is 0.125. The van der Waals surface area contributed by atoms with E-state index in [-0.39, 0.29) is 18.2 Å². The number of rotatable bonds is 1. The van der Waals surface area contributed by atoms with Crippen LogP contribution in [0.2, 0.25) is 0 Å². The molecule has 3 N–H and O–H groups in total. The van der Waals surface area contributed by atoms with E-state index < -0.39 is 11.9 Å². The zero-order valence-corrected chi connectivity index (χ0v) is 7.76. The van der Waals surface area contributed by atoms with Gasteiger partial charge in [-0.3, -0.25) is 14.9 Å². The van der Waals surface area contributed by atoms with Crippen LogP contribution in [0.25, 0.3) is 0 Å². The monoisotopic (exact) mass is 212 g/mol. The highest BCUT2D eigenvalue weighted by Gasteiger charge is 2.35. The Morgan fingerprint density at radius 1 is 1.67 bits per heavy atom. The van der Waals surface area contributed by atoms with Gasteiger partial charge in [0.25, 0.3) is 5.91 Å². The fourth-order valence-electron chi connectivity index (χ4n) is 1.27. The first-order valence-corrected chi connectivity index (χ1v) is 4.04. The molecule has 0 aromatic carbocycles. The number of carbonyl (C=O) groups excluding carboxylic acids is 2. The average Bonchev–Trinajstić information content (AvgIpc) is 2.66. The second kappa shape index (κ2) is 3.20. The topological polar surface area (TPSA) is 110 Å². The molecular weight excluding hydrogens is 204 g/mol. The van der Waals surface area contributed by atoms with Crippen LogP contribution >= 0.6 is 0 Å². The maximum absolute atomic E-state index is 11.5. The SMILES string of the molecule is CN1N=NC2=C(C(=O)NO)NCN2C1=O. The Morgan fingerprint density at radius 2 is 2.40 bits per heavy atom. The molecule has 0 aromatic rings. The third-order valence-electron chi connectivity index (χ3n) is 2.00. The lowest BCUT2D eigenvalue weighted by Crippen LogP contribution is -2.40. The van der Waals surface area contributed by atoms with Gasteiger partial charge in [-0.2, -0.15) is 5.01 Å². The molecule has 2 rings (SSSR count). The van der Waals surface area contributed by atoms with E-state index in [1.807, 2.05) is 0 Å². The highest BCUT2D eigenvalue weighted by atomic mass is 16.5. The standard InChI is InChI=1S/C6H8N6O3/c1-11-6(14)12-2-7-3(5(13)9-15)4(12)8-10-11/h7,15H,2H2,1H3,(H,9,13). The molecule has 2 aliphatic rings. The van der Waals surface area contributed by atoms with Gasteiger partial charge in [-0.1, -0.05) is 5.22 Å². The predicted octanol–water partition coefficient (Wildman–Crippen LogP) is -1.04. The maximum Gasteiger partial charge on any atom is 0.348 e. The van der Waals surface area contributed by atoms with Crippen molar-refractivity contribution in [2.45, 2.75) is 0 Å². The maximum atomic E-state index is 11.5. The van der Waals surface area contributed by atoms with Crippen LogP contribution in [-0.4, -0.2) is 40.8 Å². The number of nitrogens with zero attached hydrogens (tertiary/aromatic N) is 4. The molecule has 0 radical (unpaired) electrons. The quantitative estimate of drug-likeness (QED) is 0.380. The number of fused-ring (bicyclic) bond motifs is 1. The van der Waals surface area contributed by atoms with Crippen molar-refractivity contribution in [2.24, 2.45) is 10.3 Å². The molecule has 0 atom stereocenters. The van der Waals surface area contributed by atoms with Crippen molar-refractivity contribution in [1.29, 1.82) is 0 Å². The summed E-state index contributed by atoms with van der Waals surface area (Å²) in [5.41, 5.74) is 1.47. The van der Waals surface area contributed by atoms with Crippen molar-refractivity contribution in [3.05, 3.63) is 11.5 Å². The summed E-state index contributed by atoms with van der Waals surface area (Å²) < 4.78 is 0. The molecule has 0 saturated heterocycles. The molecule has 9 heteroatoms. The van der Waals surface area contributed by atoms with Gasteiger partial charge in [0.2, 0.25) is 0 Å². The van der Waals surface area contributed by atoms with Crippen LogP contribution in [0, 0.1) is 0 Å². The lowest BCUT2D eigenvalue weighted by Gasteiger charge is -2.23. The summed E-state index contributed by atoms with van der Waals surface area (Å²) in [5.74, 6) is -0.659. The van der Waals surface area contributed by atoms with Gasteiger partial charge in [0, 0.05) is 7.05 Å². The van der Waals surface area contributed by atoms with Crippen molar-refractivity contribution < 1.29 is 14.8 Å². The summed E-state index contributed by atoms with van der Waals surface area (Å²) in [6, 6.07) is -0.395. The fourth-order valence-corrected chi connectivity index (χ4v) is 1.27. The zero-order valence-electron chi connectivity index (χ0n) is 7.76. The molecule has 0 fully saturated rings.